The third-order valence-corrected chi connectivity index (χ3v) is 3.92. The lowest BCUT2D eigenvalue weighted by molar-refractivity contribution is 0.102. The summed E-state index contributed by atoms with van der Waals surface area (Å²) in [4.78, 5) is 25.4. The Morgan fingerprint density at radius 3 is 2.68 bits per heavy atom. The number of nitrogens with zero attached hydrogens (tertiary/aromatic N) is 3. The number of amides is 1. The number of aromatic nitrogens is 3. The zero-order valence-corrected chi connectivity index (χ0v) is 15.9. The van der Waals surface area contributed by atoms with E-state index in [1.54, 1.807) is 50.7 Å². The van der Waals surface area contributed by atoms with Crippen LogP contribution >= 0.6 is 0 Å². The first-order valence-corrected chi connectivity index (χ1v) is 8.61. The van der Waals surface area contributed by atoms with Gasteiger partial charge in [0.2, 0.25) is 5.95 Å². The van der Waals surface area contributed by atoms with Gasteiger partial charge in [-0.1, -0.05) is 6.07 Å². The summed E-state index contributed by atoms with van der Waals surface area (Å²) in [5, 5.41) is 5.92. The van der Waals surface area contributed by atoms with E-state index in [1.165, 1.54) is 7.11 Å². The molecule has 0 unspecified atom stereocenters. The smallest absolute Gasteiger partial charge is 0.274 e. The van der Waals surface area contributed by atoms with Crippen molar-refractivity contribution in [1.29, 1.82) is 0 Å². The molecule has 144 valence electrons. The third kappa shape index (κ3) is 4.73. The Labute approximate surface area is 163 Å². The van der Waals surface area contributed by atoms with Gasteiger partial charge in [0.25, 0.3) is 5.91 Å². The van der Waals surface area contributed by atoms with E-state index in [1.807, 2.05) is 12.1 Å². The van der Waals surface area contributed by atoms with E-state index in [0.717, 1.165) is 5.56 Å². The van der Waals surface area contributed by atoms with Crippen molar-refractivity contribution < 1.29 is 14.3 Å². The second-order valence-electron chi connectivity index (χ2n) is 5.95. The van der Waals surface area contributed by atoms with Gasteiger partial charge in [-0.25, -0.2) is 9.97 Å². The predicted octanol–water partition coefficient (Wildman–Crippen LogP) is 3.06. The van der Waals surface area contributed by atoms with E-state index in [0.29, 0.717) is 35.4 Å². The van der Waals surface area contributed by atoms with Gasteiger partial charge in [0.1, 0.15) is 17.2 Å². The number of anilines is 2. The summed E-state index contributed by atoms with van der Waals surface area (Å²) in [7, 11) is 3.09. The second-order valence-corrected chi connectivity index (χ2v) is 5.95. The van der Waals surface area contributed by atoms with Gasteiger partial charge in [-0.15, -0.1) is 0 Å². The number of carbonyl (C=O) groups excluding carboxylic acids is 1. The number of rotatable bonds is 7. The first-order valence-electron chi connectivity index (χ1n) is 8.61. The lowest BCUT2D eigenvalue weighted by Crippen LogP contribution is -2.16. The maximum absolute atomic E-state index is 12.7. The molecule has 2 heterocycles. The molecule has 0 spiro atoms. The molecule has 8 nitrogen and oxygen atoms in total. The summed E-state index contributed by atoms with van der Waals surface area (Å²) in [6, 6.07) is 10.6. The molecule has 0 aliphatic rings. The van der Waals surface area contributed by atoms with Gasteiger partial charge in [0.15, 0.2) is 0 Å². The highest BCUT2D eigenvalue weighted by Gasteiger charge is 2.14. The highest BCUT2D eigenvalue weighted by Crippen LogP contribution is 2.29. The Hall–Kier alpha value is -3.68. The van der Waals surface area contributed by atoms with Crippen molar-refractivity contribution in [2.24, 2.45) is 0 Å². The maximum atomic E-state index is 12.7. The highest BCUT2D eigenvalue weighted by molar-refractivity contribution is 6.04. The van der Waals surface area contributed by atoms with Crippen molar-refractivity contribution in [3.05, 3.63) is 65.7 Å². The molecule has 0 atom stereocenters. The van der Waals surface area contributed by atoms with E-state index in [2.05, 4.69) is 25.6 Å². The fraction of sp³-hybridized carbons (Fsp3) is 0.200. The summed E-state index contributed by atoms with van der Waals surface area (Å²) in [6.07, 6.45) is 3.47. The zero-order chi connectivity index (χ0) is 19.9. The molecule has 1 amide bonds. The molecule has 3 aromatic rings. The summed E-state index contributed by atoms with van der Waals surface area (Å²) >= 11 is 0. The number of carbonyl (C=O) groups is 1. The van der Waals surface area contributed by atoms with Gasteiger partial charge in [0.05, 0.1) is 19.9 Å². The Morgan fingerprint density at radius 2 is 1.96 bits per heavy atom. The molecule has 2 aromatic heterocycles. The molecule has 2 N–H and O–H groups in total. The van der Waals surface area contributed by atoms with E-state index < -0.39 is 0 Å². The summed E-state index contributed by atoms with van der Waals surface area (Å²) in [6.45, 7) is 2.31. The van der Waals surface area contributed by atoms with Gasteiger partial charge in [-0.05, 0) is 36.8 Å². The van der Waals surface area contributed by atoms with Crippen LogP contribution in [0.3, 0.4) is 0 Å². The monoisotopic (exact) mass is 379 g/mol. The largest absolute Gasteiger partial charge is 0.497 e. The number of nitrogens with one attached hydrogen (secondary N) is 2. The van der Waals surface area contributed by atoms with Crippen LogP contribution in [-0.2, 0) is 6.54 Å². The van der Waals surface area contributed by atoms with E-state index in [4.69, 9.17) is 9.47 Å². The molecule has 0 fully saturated rings. The molecule has 0 aliphatic carbocycles. The topological polar surface area (TPSA) is 98.3 Å². The Balaban J connectivity index is 1.77. The minimum Gasteiger partial charge on any atom is -0.497 e. The normalized spacial score (nSPS) is 10.2. The van der Waals surface area contributed by atoms with Crippen LogP contribution in [0.15, 0.2) is 48.8 Å². The number of hydrogen-bond donors (Lipinski definition) is 2. The molecular weight excluding hydrogens is 358 g/mol. The molecule has 0 saturated heterocycles. The lowest BCUT2D eigenvalue weighted by Gasteiger charge is -2.12. The van der Waals surface area contributed by atoms with Gasteiger partial charge < -0.3 is 20.1 Å². The Bertz CT molecular complexity index is 963. The van der Waals surface area contributed by atoms with Crippen LogP contribution in [0.2, 0.25) is 0 Å². The number of pyridine rings is 1. The van der Waals surface area contributed by atoms with E-state index >= 15 is 0 Å². The molecule has 0 aliphatic heterocycles. The molecule has 28 heavy (non-hydrogen) atoms. The number of aryl methyl sites for hydroxylation is 1. The van der Waals surface area contributed by atoms with Crippen molar-refractivity contribution in [3.8, 4) is 11.5 Å². The zero-order valence-electron chi connectivity index (χ0n) is 15.9. The number of ether oxygens (including phenoxy) is 2. The van der Waals surface area contributed by atoms with E-state index in [9.17, 15) is 4.79 Å². The lowest BCUT2D eigenvalue weighted by atomic mass is 10.2. The average Bonchev–Trinajstić information content (AvgIpc) is 2.72. The molecule has 3 rings (SSSR count). The third-order valence-electron chi connectivity index (χ3n) is 3.92. The Kier molecular flexibility index (Phi) is 6.01. The minimum atomic E-state index is -0.374. The van der Waals surface area contributed by atoms with Gasteiger partial charge >= 0.3 is 0 Å². The van der Waals surface area contributed by atoms with Crippen molar-refractivity contribution in [2.45, 2.75) is 13.5 Å². The minimum absolute atomic E-state index is 0.242. The summed E-state index contributed by atoms with van der Waals surface area (Å²) in [5.74, 6) is 1.12. The van der Waals surface area contributed by atoms with Crippen LogP contribution in [0.25, 0.3) is 0 Å². The first kappa shape index (κ1) is 19.1. The standard InChI is InChI=1S/C20H21N5O3/c1-13-9-17(25-20(23-13)22-12-14-5-4-8-21-11-14)19(26)24-16-10-15(27-2)6-7-18(16)28-3/h4-11H,12H2,1-3H3,(H,24,26)(H,22,23,25). The first-order chi connectivity index (χ1) is 13.6. The molecule has 0 radical (unpaired) electrons. The fourth-order valence-corrected chi connectivity index (χ4v) is 2.55. The van der Waals surface area contributed by atoms with Crippen molar-refractivity contribution >= 4 is 17.5 Å². The van der Waals surface area contributed by atoms with Crippen LogP contribution in [-0.4, -0.2) is 35.1 Å². The summed E-state index contributed by atoms with van der Waals surface area (Å²) < 4.78 is 10.5. The molecule has 8 heteroatoms. The van der Waals surface area contributed by atoms with Crippen molar-refractivity contribution in [1.82, 2.24) is 15.0 Å². The average molecular weight is 379 g/mol. The Morgan fingerprint density at radius 1 is 1.11 bits per heavy atom. The number of benzene rings is 1. The molecular formula is C20H21N5O3. The number of methoxy groups -OCH3 is 2. The van der Waals surface area contributed by atoms with Crippen LogP contribution in [0.5, 0.6) is 11.5 Å². The van der Waals surface area contributed by atoms with Crippen molar-refractivity contribution in [2.75, 3.05) is 24.9 Å². The van der Waals surface area contributed by atoms with Crippen molar-refractivity contribution in [3.63, 3.8) is 0 Å². The van der Waals surface area contributed by atoms with Crippen LogP contribution < -0.4 is 20.1 Å². The fourth-order valence-electron chi connectivity index (χ4n) is 2.55. The summed E-state index contributed by atoms with van der Waals surface area (Å²) in [5.41, 5.74) is 2.39. The van der Waals surface area contributed by atoms with E-state index in [-0.39, 0.29) is 11.6 Å². The number of hydrogen-bond acceptors (Lipinski definition) is 7. The highest BCUT2D eigenvalue weighted by atomic mass is 16.5. The SMILES string of the molecule is COc1ccc(OC)c(NC(=O)c2cc(C)nc(NCc3cccnc3)n2)c1. The molecule has 0 saturated carbocycles. The van der Waals surface area contributed by atoms with Crippen LogP contribution in [0.4, 0.5) is 11.6 Å². The van der Waals surface area contributed by atoms with Crippen LogP contribution in [0.1, 0.15) is 21.7 Å². The van der Waals surface area contributed by atoms with Crippen LogP contribution in [0, 0.1) is 6.92 Å². The molecule has 1 aromatic carbocycles. The van der Waals surface area contributed by atoms with Gasteiger partial charge in [-0.3, -0.25) is 9.78 Å². The second kappa shape index (κ2) is 8.81. The predicted molar refractivity (Wildman–Crippen MR) is 106 cm³/mol. The molecule has 0 bridgehead atoms. The maximum Gasteiger partial charge on any atom is 0.274 e. The van der Waals surface area contributed by atoms with Gasteiger partial charge in [0, 0.05) is 30.7 Å². The van der Waals surface area contributed by atoms with Gasteiger partial charge in [-0.2, -0.15) is 0 Å². The quantitative estimate of drug-likeness (QED) is 0.651.